The molecule has 3 rings (SSSR count). The Morgan fingerprint density at radius 1 is 1.26 bits per heavy atom. The van der Waals surface area contributed by atoms with Crippen molar-refractivity contribution in [2.45, 2.75) is 17.7 Å². The number of alkyl halides is 1. The van der Waals surface area contributed by atoms with Crippen LogP contribution in [-0.4, -0.2) is 12.5 Å². The summed E-state index contributed by atoms with van der Waals surface area (Å²) in [5.41, 5.74) is 4.04. The summed E-state index contributed by atoms with van der Waals surface area (Å²) in [5, 5.41) is 2.93. The van der Waals surface area contributed by atoms with Gasteiger partial charge in [0.15, 0.2) is 0 Å². The number of nitrogens with one attached hydrogen (secondary N) is 1. The van der Waals surface area contributed by atoms with Crippen LogP contribution in [0.2, 0.25) is 0 Å². The third-order valence-corrected chi connectivity index (χ3v) is 4.47. The molecule has 1 N–H and O–H groups in total. The Morgan fingerprint density at radius 2 is 2.16 bits per heavy atom. The minimum atomic E-state index is 0.0289. The number of hydrogen-bond acceptors (Lipinski definition) is 2. The number of rotatable bonds is 2. The van der Waals surface area contributed by atoms with Crippen LogP contribution in [0.3, 0.4) is 0 Å². The van der Waals surface area contributed by atoms with Crippen LogP contribution in [0.1, 0.15) is 38.3 Å². The zero-order valence-electron chi connectivity index (χ0n) is 10.4. The maximum atomic E-state index is 12.0. The van der Waals surface area contributed by atoms with Crippen LogP contribution in [0.5, 0.6) is 0 Å². The number of benzene rings is 1. The van der Waals surface area contributed by atoms with Crippen molar-refractivity contribution < 1.29 is 9.21 Å². The molecule has 98 valence electrons. The van der Waals surface area contributed by atoms with Crippen molar-refractivity contribution in [3.8, 4) is 0 Å². The van der Waals surface area contributed by atoms with Crippen LogP contribution in [0.15, 0.2) is 41.2 Å². The van der Waals surface area contributed by atoms with Gasteiger partial charge in [0, 0.05) is 17.7 Å². The van der Waals surface area contributed by atoms with Gasteiger partial charge in [-0.1, -0.05) is 28.1 Å². The van der Waals surface area contributed by atoms with Gasteiger partial charge in [-0.05, 0) is 36.1 Å². The van der Waals surface area contributed by atoms with Gasteiger partial charge < -0.3 is 9.73 Å². The minimum Gasteiger partial charge on any atom is -0.472 e. The quantitative estimate of drug-likeness (QED) is 0.861. The number of carbonyl (C=O) groups is 1. The first-order valence-electron chi connectivity index (χ1n) is 6.33. The van der Waals surface area contributed by atoms with Gasteiger partial charge >= 0.3 is 0 Å². The SMILES string of the molecule is O=C1NCCCc2ccc(C(Br)c3ccoc3)cc21. The molecular formula is C15H14BrNO2. The van der Waals surface area contributed by atoms with Gasteiger partial charge in [-0.25, -0.2) is 0 Å². The summed E-state index contributed by atoms with van der Waals surface area (Å²) in [6.45, 7) is 0.752. The number of halogens is 1. The molecule has 0 aliphatic carbocycles. The van der Waals surface area contributed by atoms with E-state index in [2.05, 4.69) is 33.4 Å². The third-order valence-electron chi connectivity index (χ3n) is 3.42. The number of hydrogen-bond donors (Lipinski definition) is 1. The lowest BCUT2D eigenvalue weighted by atomic mass is 9.98. The highest BCUT2D eigenvalue weighted by molar-refractivity contribution is 9.09. The van der Waals surface area contributed by atoms with Crippen molar-refractivity contribution in [3.63, 3.8) is 0 Å². The predicted octanol–water partition coefficient (Wildman–Crippen LogP) is 3.44. The molecule has 1 aromatic heterocycles. The van der Waals surface area contributed by atoms with Crippen LogP contribution in [0.4, 0.5) is 0 Å². The standard InChI is InChI=1S/C15H14BrNO2/c16-14(12-5-7-19-9-12)11-4-3-10-2-1-6-17-15(18)13(10)8-11/h3-5,7-9,14H,1-2,6H2,(H,17,18). The van der Waals surface area contributed by atoms with Crippen molar-refractivity contribution in [3.05, 3.63) is 59.0 Å². The van der Waals surface area contributed by atoms with Crippen LogP contribution >= 0.6 is 15.9 Å². The maximum absolute atomic E-state index is 12.0. The Labute approximate surface area is 120 Å². The second-order valence-electron chi connectivity index (χ2n) is 4.70. The molecule has 0 spiro atoms. The van der Waals surface area contributed by atoms with Crippen LogP contribution in [0.25, 0.3) is 0 Å². The third kappa shape index (κ3) is 2.45. The van der Waals surface area contributed by atoms with Crippen LogP contribution in [-0.2, 0) is 6.42 Å². The molecule has 1 aromatic carbocycles. The van der Waals surface area contributed by atoms with Crippen molar-refractivity contribution in [2.24, 2.45) is 0 Å². The molecule has 4 heteroatoms. The second-order valence-corrected chi connectivity index (χ2v) is 5.61. The fourth-order valence-corrected chi connectivity index (χ4v) is 2.91. The van der Waals surface area contributed by atoms with Crippen molar-refractivity contribution in [1.29, 1.82) is 0 Å². The summed E-state index contributed by atoms with van der Waals surface area (Å²) in [5.74, 6) is 0.0289. The molecule has 1 aliphatic heterocycles. The fourth-order valence-electron chi connectivity index (χ4n) is 2.37. The van der Waals surface area contributed by atoms with E-state index in [0.29, 0.717) is 0 Å². The molecule has 0 bridgehead atoms. The van der Waals surface area contributed by atoms with Gasteiger partial charge in [-0.3, -0.25) is 4.79 Å². The van der Waals surface area contributed by atoms with Gasteiger partial charge in [0.25, 0.3) is 5.91 Å². The molecule has 1 atom stereocenters. The summed E-state index contributed by atoms with van der Waals surface area (Å²) in [4.78, 5) is 12.1. The lowest BCUT2D eigenvalue weighted by Gasteiger charge is -2.11. The van der Waals surface area contributed by atoms with Crippen LogP contribution < -0.4 is 5.32 Å². The summed E-state index contributed by atoms with van der Waals surface area (Å²) < 4.78 is 5.10. The van der Waals surface area contributed by atoms with E-state index in [1.165, 1.54) is 0 Å². The molecule has 3 nitrogen and oxygen atoms in total. The highest BCUT2D eigenvalue weighted by atomic mass is 79.9. The van der Waals surface area contributed by atoms with E-state index in [1.807, 2.05) is 12.1 Å². The molecule has 1 unspecified atom stereocenters. The second kappa shape index (κ2) is 5.21. The fraction of sp³-hybridized carbons (Fsp3) is 0.267. The predicted molar refractivity (Wildman–Crippen MR) is 76.6 cm³/mol. The average molecular weight is 320 g/mol. The summed E-state index contributed by atoms with van der Waals surface area (Å²) in [7, 11) is 0. The van der Waals surface area contributed by atoms with E-state index in [4.69, 9.17) is 4.42 Å². The zero-order valence-corrected chi connectivity index (χ0v) is 11.9. The molecule has 1 aliphatic rings. The van der Waals surface area contributed by atoms with E-state index >= 15 is 0 Å². The normalized spacial score (nSPS) is 16.4. The first kappa shape index (κ1) is 12.5. The van der Waals surface area contributed by atoms with Crippen molar-refractivity contribution >= 4 is 21.8 Å². The number of carbonyl (C=O) groups excluding carboxylic acids is 1. The Balaban J connectivity index is 1.98. The monoisotopic (exact) mass is 319 g/mol. The Morgan fingerprint density at radius 3 is 2.95 bits per heavy atom. The lowest BCUT2D eigenvalue weighted by molar-refractivity contribution is 0.0956. The highest BCUT2D eigenvalue weighted by Crippen LogP contribution is 2.32. The van der Waals surface area contributed by atoms with Gasteiger partial charge in [0.05, 0.1) is 17.4 Å². The van der Waals surface area contributed by atoms with E-state index in [1.54, 1.807) is 12.5 Å². The Bertz CT molecular complexity index is 592. The Kier molecular flexibility index (Phi) is 3.42. The molecule has 0 radical (unpaired) electrons. The van der Waals surface area contributed by atoms with Gasteiger partial charge in [-0.2, -0.15) is 0 Å². The smallest absolute Gasteiger partial charge is 0.251 e. The van der Waals surface area contributed by atoms with E-state index in [9.17, 15) is 4.79 Å². The molecular weight excluding hydrogens is 306 g/mol. The topological polar surface area (TPSA) is 42.2 Å². The van der Waals surface area contributed by atoms with E-state index in [0.717, 1.165) is 41.6 Å². The summed E-state index contributed by atoms with van der Waals surface area (Å²) in [6.07, 6.45) is 5.31. The lowest BCUT2D eigenvalue weighted by Crippen LogP contribution is -2.22. The van der Waals surface area contributed by atoms with Crippen LogP contribution in [0, 0.1) is 0 Å². The first-order chi connectivity index (χ1) is 9.25. The first-order valence-corrected chi connectivity index (χ1v) is 7.24. The van der Waals surface area contributed by atoms with Gasteiger partial charge in [-0.15, -0.1) is 0 Å². The van der Waals surface area contributed by atoms with Crippen molar-refractivity contribution in [1.82, 2.24) is 5.32 Å². The van der Waals surface area contributed by atoms with E-state index in [-0.39, 0.29) is 10.7 Å². The molecule has 19 heavy (non-hydrogen) atoms. The van der Waals surface area contributed by atoms with Crippen molar-refractivity contribution in [2.75, 3.05) is 6.54 Å². The highest BCUT2D eigenvalue weighted by Gasteiger charge is 2.18. The zero-order chi connectivity index (χ0) is 13.2. The number of amides is 1. The number of fused-ring (bicyclic) bond motifs is 1. The summed E-state index contributed by atoms with van der Waals surface area (Å²) >= 11 is 3.65. The molecule has 0 fully saturated rings. The van der Waals surface area contributed by atoms with E-state index < -0.39 is 0 Å². The molecule has 0 saturated heterocycles. The average Bonchev–Trinajstić information content (AvgIpc) is 2.90. The summed E-state index contributed by atoms with van der Waals surface area (Å²) in [6, 6.07) is 8.03. The molecule has 2 aromatic rings. The maximum Gasteiger partial charge on any atom is 0.251 e. The molecule has 1 amide bonds. The van der Waals surface area contributed by atoms with Gasteiger partial charge in [0.2, 0.25) is 0 Å². The minimum absolute atomic E-state index is 0.0289. The van der Waals surface area contributed by atoms with Gasteiger partial charge in [0.1, 0.15) is 0 Å². The largest absolute Gasteiger partial charge is 0.472 e. The number of furan rings is 1. The Hall–Kier alpha value is -1.55. The molecule has 2 heterocycles. The molecule has 0 saturated carbocycles. The number of aryl methyl sites for hydroxylation is 1.